The van der Waals surface area contributed by atoms with Crippen molar-refractivity contribution in [1.82, 2.24) is 0 Å². The van der Waals surface area contributed by atoms with Gasteiger partial charge in [-0.05, 0) is 31.0 Å². The fourth-order valence-electron chi connectivity index (χ4n) is 2.02. The maximum atomic E-state index is 12.6. The number of halogens is 3. The van der Waals surface area contributed by atoms with Crippen LogP contribution in [0.5, 0.6) is 0 Å². The molecule has 1 aliphatic heterocycles. The molecule has 0 atom stereocenters. The zero-order valence-corrected chi connectivity index (χ0v) is 9.13. The summed E-state index contributed by atoms with van der Waals surface area (Å²) in [7, 11) is 0. The molecule has 1 aromatic carbocycles. The molecule has 1 aliphatic rings. The Hall–Kier alpha value is -1.52. The van der Waals surface area contributed by atoms with E-state index in [1.165, 1.54) is 6.07 Å². The number of aldehydes is 1. The summed E-state index contributed by atoms with van der Waals surface area (Å²) < 4.78 is 37.9. The number of rotatable bonds is 2. The van der Waals surface area contributed by atoms with E-state index in [0.717, 1.165) is 38.1 Å². The van der Waals surface area contributed by atoms with Gasteiger partial charge in [-0.1, -0.05) is 0 Å². The molecule has 5 heteroatoms. The van der Waals surface area contributed by atoms with Crippen LogP contribution in [0.25, 0.3) is 0 Å². The number of alkyl halides is 3. The average molecular weight is 243 g/mol. The topological polar surface area (TPSA) is 20.3 Å². The van der Waals surface area contributed by atoms with Crippen LogP contribution in [0.15, 0.2) is 18.2 Å². The minimum Gasteiger partial charge on any atom is -0.372 e. The molecule has 0 amide bonds. The van der Waals surface area contributed by atoms with Crippen molar-refractivity contribution < 1.29 is 18.0 Å². The molecule has 1 fully saturated rings. The Balaban J connectivity index is 2.41. The molecule has 0 bridgehead atoms. The van der Waals surface area contributed by atoms with E-state index in [1.807, 2.05) is 4.90 Å². The van der Waals surface area contributed by atoms with Crippen molar-refractivity contribution in [3.63, 3.8) is 0 Å². The highest BCUT2D eigenvalue weighted by molar-refractivity contribution is 5.78. The average Bonchev–Trinajstić information content (AvgIpc) is 2.80. The van der Waals surface area contributed by atoms with Gasteiger partial charge in [0, 0.05) is 24.3 Å². The summed E-state index contributed by atoms with van der Waals surface area (Å²) in [5, 5.41) is 0. The molecule has 0 aliphatic carbocycles. The lowest BCUT2D eigenvalue weighted by Gasteiger charge is -2.19. The highest BCUT2D eigenvalue weighted by Gasteiger charge is 2.31. The summed E-state index contributed by atoms with van der Waals surface area (Å²) in [5.41, 5.74) is -0.204. The third-order valence-electron chi connectivity index (χ3n) is 2.87. The van der Waals surface area contributed by atoms with Crippen molar-refractivity contribution in [3.8, 4) is 0 Å². The summed E-state index contributed by atoms with van der Waals surface area (Å²) in [6, 6.07) is 3.50. The molecule has 92 valence electrons. The van der Waals surface area contributed by atoms with E-state index in [2.05, 4.69) is 0 Å². The number of anilines is 1. The Morgan fingerprint density at radius 3 is 2.29 bits per heavy atom. The van der Waals surface area contributed by atoms with Gasteiger partial charge in [0.05, 0.1) is 5.56 Å². The quantitative estimate of drug-likeness (QED) is 0.744. The minimum atomic E-state index is -4.41. The third-order valence-corrected chi connectivity index (χ3v) is 2.87. The standard InChI is InChI=1S/C12H12F3NO/c13-12(14,15)10-5-9(8-17)6-11(7-10)16-3-1-2-4-16/h5-8H,1-4H2. The van der Waals surface area contributed by atoms with Gasteiger partial charge < -0.3 is 4.90 Å². The van der Waals surface area contributed by atoms with Crippen molar-refractivity contribution >= 4 is 12.0 Å². The van der Waals surface area contributed by atoms with Crippen molar-refractivity contribution in [3.05, 3.63) is 29.3 Å². The van der Waals surface area contributed by atoms with Crippen molar-refractivity contribution in [2.75, 3.05) is 18.0 Å². The highest BCUT2D eigenvalue weighted by Crippen LogP contribution is 2.33. The third kappa shape index (κ3) is 2.60. The summed E-state index contributed by atoms with van der Waals surface area (Å²) in [5.74, 6) is 0. The molecule has 0 saturated carbocycles. The Kier molecular flexibility index (Phi) is 3.09. The van der Waals surface area contributed by atoms with Crippen LogP contribution in [-0.2, 0) is 6.18 Å². The lowest BCUT2D eigenvalue weighted by Crippen LogP contribution is -2.19. The number of nitrogens with zero attached hydrogens (tertiary/aromatic N) is 1. The normalized spacial score (nSPS) is 16.3. The molecule has 0 aromatic heterocycles. The number of hydrogen-bond acceptors (Lipinski definition) is 2. The van der Waals surface area contributed by atoms with E-state index in [4.69, 9.17) is 0 Å². The van der Waals surface area contributed by atoms with E-state index >= 15 is 0 Å². The number of carbonyl (C=O) groups excluding carboxylic acids is 1. The largest absolute Gasteiger partial charge is 0.416 e. The number of hydrogen-bond donors (Lipinski definition) is 0. The van der Waals surface area contributed by atoms with Crippen LogP contribution in [0, 0.1) is 0 Å². The first-order valence-corrected chi connectivity index (χ1v) is 5.43. The molecule has 0 unspecified atom stereocenters. The second-order valence-corrected chi connectivity index (χ2v) is 4.12. The van der Waals surface area contributed by atoms with E-state index in [0.29, 0.717) is 12.0 Å². The van der Waals surface area contributed by atoms with Gasteiger partial charge in [0.15, 0.2) is 0 Å². The van der Waals surface area contributed by atoms with Gasteiger partial charge in [0.2, 0.25) is 0 Å². The predicted octanol–water partition coefficient (Wildman–Crippen LogP) is 3.12. The van der Waals surface area contributed by atoms with Crippen LogP contribution >= 0.6 is 0 Å². The maximum absolute atomic E-state index is 12.6. The van der Waals surface area contributed by atoms with Crippen LogP contribution < -0.4 is 4.90 Å². The Morgan fingerprint density at radius 1 is 1.12 bits per heavy atom. The summed E-state index contributed by atoms with van der Waals surface area (Å²) >= 11 is 0. The molecular formula is C12H12F3NO. The lowest BCUT2D eigenvalue weighted by molar-refractivity contribution is -0.137. The van der Waals surface area contributed by atoms with E-state index in [-0.39, 0.29) is 5.56 Å². The van der Waals surface area contributed by atoms with Crippen LogP contribution in [0.1, 0.15) is 28.8 Å². The predicted molar refractivity (Wildman–Crippen MR) is 58.3 cm³/mol. The van der Waals surface area contributed by atoms with Crippen LogP contribution in [0.4, 0.5) is 18.9 Å². The molecule has 0 N–H and O–H groups in total. The SMILES string of the molecule is O=Cc1cc(N2CCCC2)cc(C(F)(F)F)c1. The Bertz CT molecular complexity index is 422. The molecule has 1 heterocycles. The lowest BCUT2D eigenvalue weighted by atomic mass is 10.1. The van der Waals surface area contributed by atoms with Gasteiger partial charge in [0.25, 0.3) is 0 Å². The fourth-order valence-corrected chi connectivity index (χ4v) is 2.02. The maximum Gasteiger partial charge on any atom is 0.416 e. The van der Waals surface area contributed by atoms with Gasteiger partial charge >= 0.3 is 6.18 Å². The van der Waals surface area contributed by atoms with Gasteiger partial charge in [-0.3, -0.25) is 4.79 Å². The van der Waals surface area contributed by atoms with Gasteiger partial charge in [-0.25, -0.2) is 0 Å². The van der Waals surface area contributed by atoms with E-state index in [1.54, 1.807) is 0 Å². The zero-order chi connectivity index (χ0) is 12.5. The van der Waals surface area contributed by atoms with Crippen LogP contribution in [-0.4, -0.2) is 19.4 Å². The molecule has 0 spiro atoms. The van der Waals surface area contributed by atoms with Gasteiger partial charge in [0.1, 0.15) is 6.29 Å². The second kappa shape index (κ2) is 4.39. The molecular weight excluding hydrogens is 231 g/mol. The first-order chi connectivity index (χ1) is 8.00. The first-order valence-electron chi connectivity index (χ1n) is 5.43. The molecule has 0 radical (unpaired) electrons. The molecule has 1 aromatic rings. The van der Waals surface area contributed by atoms with Crippen LogP contribution in [0.3, 0.4) is 0 Å². The van der Waals surface area contributed by atoms with Crippen molar-refractivity contribution in [2.45, 2.75) is 19.0 Å². The Labute approximate surface area is 97.0 Å². The zero-order valence-electron chi connectivity index (χ0n) is 9.13. The minimum absolute atomic E-state index is 0.0710. The van der Waals surface area contributed by atoms with Crippen molar-refractivity contribution in [1.29, 1.82) is 0 Å². The number of benzene rings is 1. The van der Waals surface area contributed by atoms with Crippen molar-refractivity contribution in [2.24, 2.45) is 0 Å². The molecule has 2 rings (SSSR count). The van der Waals surface area contributed by atoms with E-state index < -0.39 is 11.7 Å². The second-order valence-electron chi connectivity index (χ2n) is 4.12. The summed E-state index contributed by atoms with van der Waals surface area (Å²) in [6.07, 6.45) is -2.00. The molecule has 1 saturated heterocycles. The summed E-state index contributed by atoms with van der Waals surface area (Å²) in [4.78, 5) is 12.5. The summed E-state index contributed by atoms with van der Waals surface area (Å²) in [6.45, 7) is 1.50. The molecule has 2 nitrogen and oxygen atoms in total. The Morgan fingerprint density at radius 2 is 1.76 bits per heavy atom. The first kappa shape index (κ1) is 12.0. The van der Waals surface area contributed by atoms with E-state index in [9.17, 15) is 18.0 Å². The highest BCUT2D eigenvalue weighted by atomic mass is 19.4. The van der Waals surface area contributed by atoms with Crippen LogP contribution in [0.2, 0.25) is 0 Å². The number of carbonyl (C=O) groups is 1. The van der Waals surface area contributed by atoms with Gasteiger partial charge in [-0.15, -0.1) is 0 Å². The molecule has 17 heavy (non-hydrogen) atoms. The fraction of sp³-hybridized carbons (Fsp3) is 0.417. The van der Waals surface area contributed by atoms with Gasteiger partial charge in [-0.2, -0.15) is 13.2 Å². The monoisotopic (exact) mass is 243 g/mol. The smallest absolute Gasteiger partial charge is 0.372 e.